The molecule has 1 amide bonds. The number of hydrogen-bond acceptors (Lipinski definition) is 4. The molecule has 1 fully saturated rings. The SMILES string of the molecule is CC(=O)c1ccc(OCCCC(=O)N2CCCNCC2)cc1.Cl. The third-order valence-electron chi connectivity index (χ3n) is 3.76. The number of benzene rings is 1. The van der Waals surface area contributed by atoms with Crippen LogP contribution in [-0.2, 0) is 4.79 Å². The number of ketones is 1. The number of halogens is 1. The van der Waals surface area contributed by atoms with E-state index in [9.17, 15) is 9.59 Å². The summed E-state index contributed by atoms with van der Waals surface area (Å²) in [6, 6.07) is 7.10. The third kappa shape index (κ3) is 6.59. The maximum atomic E-state index is 12.1. The summed E-state index contributed by atoms with van der Waals surface area (Å²) in [6.07, 6.45) is 2.24. The predicted molar refractivity (Wildman–Crippen MR) is 92.5 cm³/mol. The van der Waals surface area contributed by atoms with Crippen molar-refractivity contribution in [1.82, 2.24) is 10.2 Å². The van der Waals surface area contributed by atoms with Gasteiger partial charge in [0.25, 0.3) is 0 Å². The highest BCUT2D eigenvalue weighted by Crippen LogP contribution is 2.13. The lowest BCUT2D eigenvalue weighted by molar-refractivity contribution is -0.131. The maximum Gasteiger partial charge on any atom is 0.222 e. The van der Waals surface area contributed by atoms with Crippen LogP contribution in [0.1, 0.15) is 36.5 Å². The molecule has 0 bridgehead atoms. The van der Waals surface area contributed by atoms with Crippen molar-refractivity contribution >= 4 is 24.1 Å². The molecule has 0 aliphatic carbocycles. The molecule has 128 valence electrons. The average molecular weight is 341 g/mol. The van der Waals surface area contributed by atoms with E-state index in [4.69, 9.17) is 4.74 Å². The largest absolute Gasteiger partial charge is 0.494 e. The minimum atomic E-state index is 0. The summed E-state index contributed by atoms with van der Waals surface area (Å²) < 4.78 is 5.61. The van der Waals surface area contributed by atoms with Crippen LogP contribution in [0.2, 0.25) is 0 Å². The molecule has 1 aliphatic rings. The molecule has 2 rings (SSSR count). The van der Waals surface area contributed by atoms with Gasteiger partial charge in [0.05, 0.1) is 6.61 Å². The molecule has 0 aromatic heterocycles. The van der Waals surface area contributed by atoms with Crippen molar-refractivity contribution in [3.63, 3.8) is 0 Å². The minimum absolute atomic E-state index is 0. The van der Waals surface area contributed by atoms with E-state index in [1.807, 2.05) is 4.90 Å². The topological polar surface area (TPSA) is 58.6 Å². The maximum absolute atomic E-state index is 12.1. The Balaban J connectivity index is 0.00000264. The van der Waals surface area contributed by atoms with Crippen molar-refractivity contribution in [2.75, 3.05) is 32.8 Å². The molecule has 5 nitrogen and oxygen atoms in total. The number of hydrogen-bond donors (Lipinski definition) is 1. The minimum Gasteiger partial charge on any atom is -0.494 e. The van der Waals surface area contributed by atoms with Gasteiger partial charge in [-0.25, -0.2) is 0 Å². The summed E-state index contributed by atoms with van der Waals surface area (Å²) >= 11 is 0. The summed E-state index contributed by atoms with van der Waals surface area (Å²) in [5.41, 5.74) is 0.678. The van der Waals surface area contributed by atoms with Gasteiger partial charge in [0.15, 0.2) is 5.78 Å². The molecule has 1 aromatic carbocycles. The Kier molecular flexibility index (Phi) is 8.66. The molecule has 0 unspecified atom stereocenters. The van der Waals surface area contributed by atoms with Gasteiger partial charge in [-0.3, -0.25) is 9.59 Å². The van der Waals surface area contributed by atoms with Crippen LogP contribution in [-0.4, -0.2) is 49.4 Å². The summed E-state index contributed by atoms with van der Waals surface area (Å²) in [4.78, 5) is 25.2. The first kappa shape index (κ1) is 19.5. The number of carbonyl (C=O) groups excluding carboxylic acids is 2. The number of ether oxygens (including phenoxy) is 1. The lowest BCUT2D eigenvalue weighted by Crippen LogP contribution is -2.34. The van der Waals surface area contributed by atoms with Gasteiger partial charge in [-0.2, -0.15) is 0 Å². The van der Waals surface area contributed by atoms with E-state index in [0.717, 1.165) is 38.3 Å². The van der Waals surface area contributed by atoms with Crippen molar-refractivity contribution in [2.24, 2.45) is 0 Å². The van der Waals surface area contributed by atoms with E-state index in [1.165, 1.54) is 0 Å². The molecular formula is C17H25ClN2O3. The van der Waals surface area contributed by atoms with Crippen LogP contribution < -0.4 is 10.1 Å². The molecule has 1 aliphatic heterocycles. The van der Waals surface area contributed by atoms with E-state index in [-0.39, 0.29) is 24.1 Å². The second-order valence-corrected chi connectivity index (χ2v) is 5.52. The number of Topliss-reactive ketones (excluding diaryl/α,β-unsaturated/α-hetero) is 1. The van der Waals surface area contributed by atoms with Crippen LogP contribution in [0, 0.1) is 0 Å². The standard InChI is InChI=1S/C17H24N2O3.ClH/c1-14(20)15-5-7-16(8-6-15)22-13-2-4-17(21)19-11-3-9-18-10-12-19;/h5-8,18H,2-4,9-13H2,1H3;1H. The molecular weight excluding hydrogens is 316 g/mol. The van der Waals surface area contributed by atoms with Crippen molar-refractivity contribution in [2.45, 2.75) is 26.2 Å². The summed E-state index contributed by atoms with van der Waals surface area (Å²) in [6.45, 7) is 5.57. The van der Waals surface area contributed by atoms with Crippen molar-refractivity contribution in [3.8, 4) is 5.75 Å². The second kappa shape index (κ2) is 10.2. The van der Waals surface area contributed by atoms with Crippen LogP contribution in [0.4, 0.5) is 0 Å². The summed E-state index contributed by atoms with van der Waals surface area (Å²) in [5.74, 6) is 0.986. The second-order valence-electron chi connectivity index (χ2n) is 5.52. The van der Waals surface area contributed by atoms with Crippen LogP contribution in [0.25, 0.3) is 0 Å². The number of carbonyl (C=O) groups is 2. The lowest BCUT2D eigenvalue weighted by Gasteiger charge is -2.19. The molecule has 1 heterocycles. The first-order valence-electron chi connectivity index (χ1n) is 7.89. The molecule has 0 atom stereocenters. The zero-order chi connectivity index (χ0) is 15.8. The summed E-state index contributed by atoms with van der Waals surface area (Å²) in [7, 11) is 0. The van der Waals surface area contributed by atoms with Crippen molar-refractivity contribution in [1.29, 1.82) is 0 Å². The highest BCUT2D eigenvalue weighted by Gasteiger charge is 2.14. The number of rotatable bonds is 6. The zero-order valence-electron chi connectivity index (χ0n) is 13.5. The van der Waals surface area contributed by atoms with Gasteiger partial charge in [0.2, 0.25) is 5.91 Å². The number of amides is 1. The monoisotopic (exact) mass is 340 g/mol. The van der Waals surface area contributed by atoms with Gasteiger partial charge in [-0.15, -0.1) is 12.4 Å². The first-order valence-corrected chi connectivity index (χ1v) is 7.89. The fraction of sp³-hybridized carbons (Fsp3) is 0.529. The fourth-order valence-electron chi connectivity index (χ4n) is 2.45. The number of nitrogens with one attached hydrogen (secondary N) is 1. The quantitative estimate of drug-likeness (QED) is 0.637. The van der Waals surface area contributed by atoms with Crippen LogP contribution in [0.3, 0.4) is 0 Å². The summed E-state index contributed by atoms with van der Waals surface area (Å²) in [5, 5.41) is 3.29. The van der Waals surface area contributed by atoms with Crippen molar-refractivity contribution < 1.29 is 14.3 Å². The molecule has 1 saturated heterocycles. The molecule has 0 radical (unpaired) electrons. The third-order valence-corrected chi connectivity index (χ3v) is 3.76. The van der Waals surface area contributed by atoms with Gasteiger partial charge in [0, 0.05) is 31.6 Å². The van der Waals surface area contributed by atoms with Gasteiger partial charge >= 0.3 is 0 Å². The van der Waals surface area contributed by atoms with Crippen LogP contribution >= 0.6 is 12.4 Å². The highest BCUT2D eigenvalue weighted by molar-refractivity contribution is 5.94. The molecule has 1 N–H and O–H groups in total. The normalized spacial score (nSPS) is 14.6. The molecule has 23 heavy (non-hydrogen) atoms. The van der Waals surface area contributed by atoms with Gasteiger partial charge in [0.1, 0.15) is 5.75 Å². The van der Waals surface area contributed by atoms with E-state index in [0.29, 0.717) is 25.0 Å². The molecule has 6 heteroatoms. The fourth-order valence-corrected chi connectivity index (χ4v) is 2.45. The van der Waals surface area contributed by atoms with E-state index >= 15 is 0 Å². The highest BCUT2D eigenvalue weighted by atomic mass is 35.5. The van der Waals surface area contributed by atoms with Gasteiger partial charge < -0.3 is 15.0 Å². The number of nitrogens with zero attached hydrogens (tertiary/aromatic N) is 1. The van der Waals surface area contributed by atoms with Gasteiger partial charge in [-0.1, -0.05) is 0 Å². The molecule has 0 spiro atoms. The Hall–Kier alpha value is -1.59. The van der Waals surface area contributed by atoms with E-state index in [1.54, 1.807) is 31.2 Å². The van der Waals surface area contributed by atoms with Crippen LogP contribution in [0.15, 0.2) is 24.3 Å². The van der Waals surface area contributed by atoms with E-state index < -0.39 is 0 Å². The lowest BCUT2D eigenvalue weighted by atomic mass is 10.1. The Morgan fingerprint density at radius 3 is 2.61 bits per heavy atom. The van der Waals surface area contributed by atoms with Crippen LogP contribution in [0.5, 0.6) is 5.75 Å². The Morgan fingerprint density at radius 1 is 1.17 bits per heavy atom. The molecule has 1 aromatic rings. The Morgan fingerprint density at radius 2 is 1.91 bits per heavy atom. The van der Waals surface area contributed by atoms with Crippen molar-refractivity contribution in [3.05, 3.63) is 29.8 Å². The predicted octanol–water partition coefficient (Wildman–Crippen LogP) is 2.29. The first-order chi connectivity index (χ1) is 10.7. The smallest absolute Gasteiger partial charge is 0.222 e. The Labute approximate surface area is 143 Å². The Bertz CT molecular complexity index is 497. The van der Waals surface area contributed by atoms with Gasteiger partial charge in [-0.05, 0) is 50.6 Å². The molecule has 0 saturated carbocycles. The van der Waals surface area contributed by atoms with E-state index in [2.05, 4.69) is 5.32 Å². The average Bonchev–Trinajstić information content (AvgIpc) is 2.81. The zero-order valence-corrected chi connectivity index (χ0v) is 14.4.